The zero-order valence-electron chi connectivity index (χ0n) is 13.1. The molecule has 6 heteroatoms. The van der Waals surface area contributed by atoms with E-state index in [4.69, 9.17) is 5.73 Å². The number of hydrogen-bond acceptors (Lipinski definition) is 3. The molecule has 0 fully saturated rings. The summed E-state index contributed by atoms with van der Waals surface area (Å²) in [6, 6.07) is 15.2. The van der Waals surface area contributed by atoms with Crippen molar-refractivity contribution >= 4 is 23.4 Å². The molecule has 0 aliphatic carbocycles. The van der Waals surface area contributed by atoms with Crippen LogP contribution in [0.3, 0.4) is 0 Å². The lowest BCUT2D eigenvalue weighted by Crippen LogP contribution is -2.23. The van der Waals surface area contributed by atoms with Gasteiger partial charge in [-0.05, 0) is 17.7 Å². The van der Waals surface area contributed by atoms with Gasteiger partial charge in [0.2, 0.25) is 5.91 Å². The number of benzene rings is 2. The Hall–Kier alpha value is -3.15. The Morgan fingerprint density at radius 3 is 2.17 bits per heavy atom. The van der Waals surface area contributed by atoms with Crippen LogP contribution >= 0.6 is 0 Å². The highest BCUT2D eigenvalue weighted by Gasteiger charge is 2.08. The summed E-state index contributed by atoms with van der Waals surface area (Å²) in [5.41, 5.74) is 7.11. The minimum atomic E-state index is -0.626. The maximum atomic E-state index is 11.9. The fraction of sp³-hybridized carbons (Fsp3) is 0.167. The number of hydrogen-bond donors (Lipinski definition) is 3. The zero-order valence-corrected chi connectivity index (χ0v) is 13.1. The molecule has 6 nitrogen and oxygen atoms in total. The van der Waals surface area contributed by atoms with Crippen LogP contribution in [0.4, 0.5) is 10.5 Å². The van der Waals surface area contributed by atoms with E-state index >= 15 is 0 Å². The summed E-state index contributed by atoms with van der Waals surface area (Å²) in [5, 5.41) is 5.22. The smallest absolute Gasteiger partial charge is 0.316 e. The van der Waals surface area contributed by atoms with Gasteiger partial charge in [-0.2, -0.15) is 0 Å². The van der Waals surface area contributed by atoms with Crippen LogP contribution in [-0.2, 0) is 11.3 Å². The van der Waals surface area contributed by atoms with Crippen molar-refractivity contribution in [3.8, 4) is 0 Å². The number of anilines is 1. The van der Waals surface area contributed by atoms with Gasteiger partial charge >= 0.3 is 6.03 Å². The third-order valence-electron chi connectivity index (χ3n) is 3.39. The summed E-state index contributed by atoms with van der Waals surface area (Å²) >= 11 is 0. The van der Waals surface area contributed by atoms with Gasteiger partial charge in [0.1, 0.15) is 0 Å². The second-order valence-corrected chi connectivity index (χ2v) is 5.25. The van der Waals surface area contributed by atoms with Gasteiger partial charge in [0, 0.05) is 30.6 Å². The first-order valence-electron chi connectivity index (χ1n) is 7.55. The van der Waals surface area contributed by atoms with Crippen molar-refractivity contribution in [2.45, 2.75) is 19.4 Å². The van der Waals surface area contributed by atoms with Crippen molar-refractivity contribution < 1.29 is 14.4 Å². The van der Waals surface area contributed by atoms with Gasteiger partial charge in [0.25, 0.3) is 0 Å². The summed E-state index contributed by atoms with van der Waals surface area (Å²) < 4.78 is 0. The second kappa shape index (κ2) is 8.47. The van der Waals surface area contributed by atoms with Crippen LogP contribution in [0, 0.1) is 0 Å². The first-order chi connectivity index (χ1) is 11.5. The van der Waals surface area contributed by atoms with E-state index in [9.17, 15) is 14.4 Å². The molecular formula is C18H19N3O3. The Morgan fingerprint density at radius 1 is 0.875 bits per heavy atom. The highest BCUT2D eigenvalue weighted by Crippen LogP contribution is 2.09. The van der Waals surface area contributed by atoms with Crippen LogP contribution in [0.1, 0.15) is 28.8 Å². The molecule has 0 radical (unpaired) electrons. The lowest BCUT2D eigenvalue weighted by atomic mass is 10.1. The summed E-state index contributed by atoms with van der Waals surface area (Å²) in [5.74, 6) is -0.230. The molecule has 0 atom stereocenters. The lowest BCUT2D eigenvalue weighted by Gasteiger charge is -2.07. The number of urea groups is 1. The van der Waals surface area contributed by atoms with Crippen molar-refractivity contribution in [3.05, 3.63) is 65.7 Å². The predicted octanol–water partition coefficient (Wildman–Crippen LogP) is 2.46. The minimum absolute atomic E-state index is 0.0485. The molecule has 3 amide bonds. The van der Waals surface area contributed by atoms with Gasteiger partial charge in [-0.1, -0.05) is 42.5 Å². The molecule has 2 aromatic carbocycles. The monoisotopic (exact) mass is 325 g/mol. The fourth-order valence-corrected chi connectivity index (χ4v) is 2.13. The molecule has 0 saturated carbocycles. The second-order valence-electron chi connectivity index (χ2n) is 5.25. The van der Waals surface area contributed by atoms with E-state index in [1.807, 2.05) is 6.07 Å². The van der Waals surface area contributed by atoms with Gasteiger partial charge in [0.15, 0.2) is 5.78 Å². The highest BCUT2D eigenvalue weighted by molar-refractivity contribution is 5.97. The van der Waals surface area contributed by atoms with Crippen LogP contribution in [0.25, 0.3) is 0 Å². The van der Waals surface area contributed by atoms with Gasteiger partial charge in [-0.15, -0.1) is 0 Å². The van der Waals surface area contributed by atoms with Crippen molar-refractivity contribution in [2.75, 3.05) is 5.32 Å². The summed E-state index contributed by atoms with van der Waals surface area (Å²) in [6.45, 7) is 0.356. The Balaban J connectivity index is 1.75. The molecule has 2 rings (SSSR count). The van der Waals surface area contributed by atoms with Crippen molar-refractivity contribution in [1.82, 2.24) is 5.32 Å². The average Bonchev–Trinajstić information content (AvgIpc) is 2.59. The maximum Gasteiger partial charge on any atom is 0.316 e. The lowest BCUT2D eigenvalue weighted by molar-refractivity contribution is -0.121. The van der Waals surface area contributed by atoms with Gasteiger partial charge in [-0.25, -0.2) is 4.79 Å². The number of carbonyl (C=O) groups is 3. The van der Waals surface area contributed by atoms with E-state index in [0.717, 1.165) is 5.56 Å². The molecule has 0 aliphatic heterocycles. The Labute approximate surface area is 140 Å². The molecule has 0 unspecified atom stereocenters. The molecule has 4 N–H and O–H groups in total. The third kappa shape index (κ3) is 5.57. The van der Waals surface area contributed by atoms with E-state index in [-0.39, 0.29) is 24.5 Å². The largest absolute Gasteiger partial charge is 0.352 e. The number of Topliss-reactive ketones (excluding diaryl/α,β-unsaturated/α-hetero) is 1. The fourth-order valence-electron chi connectivity index (χ4n) is 2.13. The van der Waals surface area contributed by atoms with Crippen LogP contribution in [0.5, 0.6) is 0 Å². The zero-order chi connectivity index (χ0) is 17.4. The molecule has 0 spiro atoms. The number of amides is 3. The van der Waals surface area contributed by atoms with E-state index < -0.39 is 6.03 Å². The Morgan fingerprint density at radius 2 is 1.54 bits per heavy atom. The average molecular weight is 325 g/mol. The van der Waals surface area contributed by atoms with Gasteiger partial charge < -0.3 is 16.4 Å². The third-order valence-corrected chi connectivity index (χ3v) is 3.39. The molecule has 0 aliphatic rings. The molecule has 0 aromatic heterocycles. The van der Waals surface area contributed by atoms with E-state index in [1.54, 1.807) is 48.5 Å². The van der Waals surface area contributed by atoms with E-state index in [1.165, 1.54) is 0 Å². The molecule has 24 heavy (non-hydrogen) atoms. The Bertz CT molecular complexity index is 712. The first kappa shape index (κ1) is 17.2. The molecule has 0 heterocycles. The number of primary amides is 1. The van der Waals surface area contributed by atoms with Crippen LogP contribution < -0.4 is 16.4 Å². The highest BCUT2D eigenvalue weighted by atomic mass is 16.2. The van der Waals surface area contributed by atoms with Gasteiger partial charge in [0.05, 0.1) is 0 Å². The number of rotatable bonds is 7. The maximum absolute atomic E-state index is 11.9. The van der Waals surface area contributed by atoms with Crippen LogP contribution in [0.2, 0.25) is 0 Å². The number of nitrogens with two attached hydrogens (primary N) is 1. The number of ketones is 1. The SMILES string of the molecule is NC(=O)Nc1ccc(CNC(=O)CCC(=O)c2ccccc2)cc1. The molecule has 0 saturated heterocycles. The van der Waals surface area contributed by atoms with Crippen LogP contribution in [-0.4, -0.2) is 17.7 Å². The van der Waals surface area contributed by atoms with E-state index in [2.05, 4.69) is 10.6 Å². The van der Waals surface area contributed by atoms with Gasteiger partial charge in [-0.3, -0.25) is 9.59 Å². The summed E-state index contributed by atoms with van der Waals surface area (Å²) in [6.07, 6.45) is 0.326. The first-order valence-corrected chi connectivity index (χ1v) is 7.55. The van der Waals surface area contributed by atoms with E-state index in [0.29, 0.717) is 17.8 Å². The minimum Gasteiger partial charge on any atom is -0.352 e. The molecule has 2 aromatic rings. The number of carbonyl (C=O) groups excluding carboxylic acids is 3. The number of nitrogens with one attached hydrogen (secondary N) is 2. The van der Waals surface area contributed by atoms with Crippen LogP contribution in [0.15, 0.2) is 54.6 Å². The molecular weight excluding hydrogens is 306 g/mol. The normalized spacial score (nSPS) is 10.0. The quantitative estimate of drug-likeness (QED) is 0.681. The molecule has 124 valence electrons. The van der Waals surface area contributed by atoms with Crippen molar-refractivity contribution in [3.63, 3.8) is 0 Å². The predicted molar refractivity (Wildman–Crippen MR) is 91.5 cm³/mol. The molecule has 0 bridgehead atoms. The van der Waals surface area contributed by atoms with Crippen molar-refractivity contribution in [2.24, 2.45) is 5.73 Å². The van der Waals surface area contributed by atoms with Crippen molar-refractivity contribution in [1.29, 1.82) is 0 Å². The summed E-state index contributed by atoms with van der Waals surface area (Å²) in [7, 11) is 0. The Kier molecular flexibility index (Phi) is 6.08. The summed E-state index contributed by atoms with van der Waals surface area (Å²) in [4.78, 5) is 34.5. The topological polar surface area (TPSA) is 101 Å². The standard InChI is InChI=1S/C18H19N3O3/c19-18(24)21-15-8-6-13(7-9-15)12-20-17(23)11-10-16(22)14-4-2-1-3-5-14/h1-9H,10-12H2,(H,20,23)(H3,19,21,24).